The van der Waals surface area contributed by atoms with E-state index >= 15 is 0 Å². The SMILES string of the molecule is CN1CC(C#CC(N)=O)C1. The monoisotopic (exact) mass is 138 g/mol. The molecule has 1 rings (SSSR count). The van der Waals surface area contributed by atoms with Crippen LogP contribution < -0.4 is 5.73 Å². The molecule has 3 heteroatoms. The number of amides is 1. The fraction of sp³-hybridized carbons (Fsp3) is 0.571. The van der Waals surface area contributed by atoms with E-state index in [2.05, 4.69) is 16.7 Å². The van der Waals surface area contributed by atoms with Gasteiger partial charge < -0.3 is 10.6 Å². The van der Waals surface area contributed by atoms with Crippen LogP contribution in [0.4, 0.5) is 0 Å². The van der Waals surface area contributed by atoms with Gasteiger partial charge in [-0.05, 0) is 13.0 Å². The first-order valence-corrected chi connectivity index (χ1v) is 3.18. The molecule has 10 heavy (non-hydrogen) atoms. The van der Waals surface area contributed by atoms with E-state index < -0.39 is 5.91 Å². The van der Waals surface area contributed by atoms with Crippen molar-refractivity contribution in [1.29, 1.82) is 0 Å². The molecule has 0 aliphatic carbocycles. The number of hydrogen-bond acceptors (Lipinski definition) is 2. The molecule has 1 saturated heterocycles. The predicted octanol–water partition coefficient (Wildman–Crippen LogP) is -0.963. The third-order valence-electron chi connectivity index (χ3n) is 1.46. The Bertz CT molecular complexity index is 195. The van der Waals surface area contributed by atoms with Gasteiger partial charge in [0.2, 0.25) is 0 Å². The molecule has 1 heterocycles. The van der Waals surface area contributed by atoms with Gasteiger partial charge in [0.05, 0.1) is 0 Å². The van der Waals surface area contributed by atoms with Crippen LogP contribution in [0.1, 0.15) is 0 Å². The molecule has 0 aromatic rings. The molecule has 0 spiro atoms. The van der Waals surface area contributed by atoms with Gasteiger partial charge >= 0.3 is 0 Å². The Balaban J connectivity index is 2.29. The lowest BCUT2D eigenvalue weighted by Crippen LogP contribution is -2.42. The second-order valence-electron chi connectivity index (χ2n) is 2.55. The summed E-state index contributed by atoms with van der Waals surface area (Å²) in [4.78, 5) is 12.3. The van der Waals surface area contributed by atoms with Gasteiger partial charge in [-0.15, -0.1) is 0 Å². The number of carbonyl (C=O) groups is 1. The molecule has 54 valence electrons. The molecule has 0 radical (unpaired) electrons. The average Bonchev–Trinajstić information content (AvgIpc) is 1.77. The van der Waals surface area contributed by atoms with Crippen LogP contribution in [0.25, 0.3) is 0 Å². The summed E-state index contributed by atoms with van der Waals surface area (Å²) in [6.07, 6.45) is 0. The molecule has 1 fully saturated rings. The second-order valence-corrected chi connectivity index (χ2v) is 2.55. The van der Waals surface area contributed by atoms with Crippen molar-refractivity contribution in [3.63, 3.8) is 0 Å². The number of carbonyl (C=O) groups excluding carboxylic acids is 1. The van der Waals surface area contributed by atoms with E-state index in [0.717, 1.165) is 13.1 Å². The highest BCUT2D eigenvalue weighted by molar-refractivity contribution is 5.91. The van der Waals surface area contributed by atoms with Crippen molar-refractivity contribution in [3.05, 3.63) is 0 Å². The van der Waals surface area contributed by atoms with Gasteiger partial charge in [-0.25, -0.2) is 0 Å². The Kier molecular flexibility index (Phi) is 1.93. The molecule has 3 nitrogen and oxygen atoms in total. The first-order valence-electron chi connectivity index (χ1n) is 3.18. The van der Waals surface area contributed by atoms with Gasteiger partial charge in [0.25, 0.3) is 5.91 Å². The van der Waals surface area contributed by atoms with Crippen molar-refractivity contribution in [2.45, 2.75) is 0 Å². The largest absolute Gasteiger partial charge is 0.359 e. The van der Waals surface area contributed by atoms with Crippen LogP contribution in [0, 0.1) is 17.8 Å². The first kappa shape index (κ1) is 7.10. The predicted molar refractivity (Wildman–Crippen MR) is 38.0 cm³/mol. The maximum atomic E-state index is 10.2. The number of hydrogen-bond donors (Lipinski definition) is 1. The summed E-state index contributed by atoms with van der Waals surface area (Å²) >= 11 is 0. The van der Waals surface area contributed by atoms with Crippen LogP contribution in [0.15, 0.2) is 0 Å². The maximum Gasteiger partial charge on any atom is 0.293 e. The normalized spacial score (nSPS) is 18.9. The zero-order chi connectivity index (χ0) is 7.56. The van der Waals surface area contributed by atoms with Crippen LogP contribution in [0.3, 0.4) is 0 Å². The standard InChI is InChI=1S/C7H10N2O/c1-9-4-6(5-9)2-3-7(8)10/h6H,4-5H2,1H3,(H2,8,10). The van der Waals surface area contributed by atoms with E-state index in [0.29, 0.717) is 5.92 Å². The summed E-state index contributed by atoms with van der Waals surface area (Å²) in [5.74, 6) is 4.94. The lowest BCUT2D eigenvalue weighted by Gasteiger charge is -2.32. The smallest absolute Gasteiger partial charge is 0.293 e. The highest BCUT2D eigenvalue weighted by Crippen LogP contribution is 2.10. The van der Waals surface area contributed by atoms with Crippen LogP contribution in [0.5, 0.6) is 0 Å². The quantitative estimate of drug-likeness (QED) is 0.438. The highest BCUT2D eigenvalue weighted by Gasteiger charge is 2.20. The summed E-state index contributed by atoms with van der Waals surface area (Å²) in [6, 6.07) is 0. The Morgan fingerprint density at radius 1 is 1.70 bits per heavy atom. The lowest BCUT2D eigenvalue weighted by atomic mass is 10.0. The zero-order valence-corrected chi connectivity index (χ0v) is 5.92. The lowest BCUT2D eigenvalue weighted by molar-refractivity contribution is -0.112. The fourth-order valence-corrected chi connectivity index (χ4v) is 0.963. The minimum Gasteiger partial charge on any atom is -0.359 e. The number of likely N-dealkylation sites (tertiary alicyclic amines) is 1. The second kappa shape index (κ2) is 2.72. The van der Waals surface area contributed by atoms with Crippen molar-refractivity contribution >= 4 is 5.91 Å². The van der Waals surface area contributed by atoms with Gasteiger partial charge in [0.1, 0.15) is 0 Å². The van der Waals surface area contributed by atoms with Gasteiger partial charge in [0.15, 0.2) is 0 Å². The summed E-state index contributed by atoms with van der Waals surface area (Å²) in [5.41, 5.74) is 4.83. The van der Waals surface area contributed by atoms with Crippen molar-refractivity contribution in [3.8, 4) is 11.8 Å². The summed E-state index contributed by atoms with van der Waals surface area (Å²) in [5, 5.41) is 0. The van der Waals surface area contributed by atoms with Crippen LogP contribution in [0.2, 0.25) is 0 Å². The van der Waals surface area contributed by atoms with Crippen molar-refractivity contribution in [2.24, 2.45) is 11.7 Å². The number of nitrogens with zero attached hydrogens (tertiary/aromatic N) is 1. The molecular weight excluding hydrogens is 128 g/mol. The summed E-state index contributed by atoms with van der Waals surface area (Å²) in [6.45, 7) is 1.92. The Hall–Kier alpha value is -1.01. The van der Waals surface area contributed by atoms with Crippen molar-refractivity contribution < 1.29 is 4.79 Å². The van der Waals surface area contributed by atoms with Gasteiger partial charge in [0, 0.05) is 19.0 Å². The number of rotatable bonds is 0. The molecule has 1 aliphatic rings. The number of nitrogens with two attached hydrogens (primary N) is 1. The molecule has 0 unspecified atom stereocenters. The van der Waals surface area contributed by atoms with E-state index in [-0.39, 0.29) is 0 Å². The molecule has 0 aromatic heterocycles. The van der Waals surface area contributed by atoms with Crippen molar-refractivity contribution in [2.75, 3.05) is 20.1 Å². The Morgan fingerprint density at radius 3 is 2.70 bits per heavy atom. The van der Waals surface area contributed by atoms with Crippen LogP contribution in [-0.2, 0) is 4.79 Å². The number of primary amides is 1. The maximum absolute atomic E-state index is 10.2. The van der Waals surface area contributed by atoms with Gasteiger partial charge in [-0.2, -0.15) is 0 Å². The molecule has 0 atom stereocenters. The van der Waals surface area contributed by atoms with Crippen LogP contribution in [-0.4, -0.2) is 30.9 Å². The van der Waals surface area contributed by atoms with Gasteiger partial charge in [-0.1, -0.05) is 5.92 Å². The van der Waals surface area contributed by atoms with E-state index in [1.807, 2.05) is 7.05 Å². The Labute approximate surface area is 60.2 Å². The van der Waals surface area contributed by atoms with E-state index in [1.54, 1.807) is 0 Å². The zero-order valence-electron chi connectivity index (χ0n) is 5.92. The van der Waals surface area contributed by atoms with Crippen LogP contribution >= 0.6 is 0 Å². The molecule has 0 saturated carbocycles. The molecule has 0 aromatic carbocycles. The molecule has 1 aliphatic heterocycles. The van der Waals surface area contributed by atoms with E-state index in [1.165, 1.54) is 0 Å². The highest BCUT2D eigenvalue weighted by atomic mass is 16.1. The first-order chi connectivity index (χ1) is 4.68. The topological polar surface area (TPSA) is 46.3 Å². The molecule has 2 N–H and O–H groups in total. The molecule has 1 amide bonds. The summed E-state index contributed by atoms with van der Waals surface area (Å²) < 4.78 is 0. The minimum absolute atomic E-state index is 0.359. The van der Waals surface area contributed by atoms with Gasteiger partial charge in [-0.3, -0.25) is 4.79 Å². The van der Waals surface area contributed by atoms with Crippen molar-refractivity contribution in [1.82, 2.24) is 4.90 Å². The minimum atomic E-state index is -0.533. The fourth-order valence-electron chi connectivity index (χ4n) is 0.963. The molecule has 0 bridgehead atoms. The third kappa shape index (κ3) is 1.74. The van der Waals surface area contributed by atoms with E-state index in [4.69, 9.17) is 5.73 Å². The summed E-state index contributed by atoms with van der Waals surface area (Å²) in [7, 11) is 2.02. The Morgan fingerprint density at radius 2 is 2.30 bits per heavy atom. The third-order valence-corrected chi connectivity index (χ3v) is 1.46. The molecular formula is C7H10N2O. The van der Waals surface area contributed by atoms with E-state index in [9.17, 15) is 4.79 Å². The average molecular weight is 138 g/mol.